The molecule has 0 spiro atoms. The molecule has 1 fully saturated rings. The van der Waals surface area contributed by atoms with Crippen LogP contribution in [-0.2, 0) is 11.3 Å². The third-order valence-electron chi connectivity index (χ3n) is 4.01. The van der Waals surface area contributed by atoms with Crippen LogP contribution < -0.4 is 10.6 Å². The fraction of sp³-hybridized carbons (Fsp3) is 0.611. The summed E-state index contributed by atoms with van der Waals surface area (Å²) in [7, 11) is 1.74. The van der Waals surface area contributed by atoms with Crippen LogP contribution in [0.25, 0.3) is 0 Å². The monoisotopic (exact) mass is 336 g/mol. The fourth-order valence-corrected chi connectivity index (χ4v) is 2.54. The van der Waals surface area contributed by atoms with Gasteiger partial charge in [0.25, 0.3) is 0 Å². The zero-order chi connectivity index (χ0) is 17.2. The molecule has 0 bridgehead atoms. The Morgan fingerprint density at radius 2 is 2.00 bits per heavy atom. The van der Waals surface area contributed by atoms with E-state index >= 15 is 0 Å². The quantitative estimate of drug-likeness (QED) is 0.507. The van der Waals surface area contributed by atoms with Crippen LogP contribution in [0, 0.1) is 5.82 Å². The Morgan fingerprint density at radius 1 is 1.25 bits per heavy atom. The van der Waals surface area contributed by atoms with Crippen LogP contribution in [0.4, 0.5) is 4.39 Å². The molecule has 0 aliphatic heterocycles. The Labute approximate surface area is 144 Å². The Morgan fingerprint density at radius 3 is 2.62 bits per heavy atom. The number of nitrogens with zero attached hydrogens (tertiary/aromatic N) is 2. The van der Waals surface area contributed by atoms with E-state index in [1.54, 1.807) is 19.2 Å². The summed E-state index contributed by atoms with van der Waals surface area (Å²) in [5.41, 5.74) is 0.994. The minimum absolute atomic E-state index is 0.219. The lowest BCUT2D eigenvalue weighted by molar-refractivity contribution is 0.144. The summed E-state index contributed by atoms with van der Waals surface area (Å²) < 4.78 is 18.1. The Balaban J connectivity index is 1.78. The summed E-state index contributed by atoms with van der Waals surface area (Å²) >= 11 is 0. The molecule has 6 heteroatoms. The van der Waals surface area contributed by atoms with Crippen LogP contribution in [0.3, 0.4) is 0 Å². The molecule has 0 heterocycles. The molecule has 1 aromatic rings. The van der Waals surface area contributed by atoms with Gasteiger partial charge in [0, 0.05) is 39.3 Å². The molecule has 0 atom stereocenters. The summed E-state index contributed by atoms with van der Waals surface area (Å²) in [6.45, 7) is 6.97. The normalized spacial score (nSPS) is 14.9. The van der Waals surface area contributed by atoms with Crippen molar-refractivity contribution in [3.05, 3.63) is 35.6 Å². The maximum absolute atomic E-state index is 12.9. The standard InChI is InChI=1S/C18H29FN4O/c1-3-20-18(22-14-15-4-6-16(19)7-5-15)21-10-11-23(12-13-24-2)17-8-9-17/h4-7,17H,3,8-14H2,1-2H3,(H2,20,21,22). The van der Waals surface area contributed by atoms with Crippen LogP contribution >= 0.6 is 0 Å². The fourth-order valence-electron chi connectivity index (χ4n) is 2.54. The number of ether oxygens (including phenoxy) is 1. The molecule has 0 unspecified atom stereocenters. The summed E-state index contributed by atoms with van der Waals surface area (Å²) in [5.74, 6) is 0.577. The molecule has 134 valence electrons. The predicted octanol–water partition coefficient (Wildman–Crippen LogP) is 1.99. The van der Waals surface area contributed by atoms with Gasteiger partial charge >= 0.3 is 0 Å². The molecule has 24 heavy (non-hydrogen) atoms. The highest BCUT2D eigenvalue weighted by Gasteiger charge is 2.28. The average Bonchev–Trinajstić information content (AvgIpc) is 3.42. The van der Waals surface area contributed by atoms with Gasteiger partial charge in [-0.2, -0.15) is 0 Å². The van der Waals surface area contributed by atoms with E-state index < -0.39 is 0 Å². The lowest BCUT2D eigenvalue weighted by atomic mass is 10.2. The van der Waals surface area contributed by atoms with E-state index in [-0.39, 0.29) is 5.82 Å². The van der Waals surface area contributed by atoms with Gasteiger partial charge in [0.1, 0.15) is 5.82 Å². The average molecular weight is 336 g/mol. The van der Waals surface area contributed by atoms with E-state index in [9.17, 15) is 4.39 Å². The van der Waals surface area contributed by atoms with E-state index in [4.69, 9.17) is 4.74 Å². The number of nitrogens with one attached hydrogen (secondary N) is 2. The van der Waals surface area contributed by atoms with E-state index in [1.165, 1.54) is 25.0 Å². The van der Waals surface area contributed by atoms with Gasteiger partial charge in [0.15, 0.2) is 5.96 Å². The largest absolute Gasteiger partial charge is 0.383 e. The summed E-state index contributed by atoms with van der Waals surface area (Å²) in [5, 5.41) is 6.62. The number of halogens is 1. The third-order valence-corrected chi connectivity index (χ3v) is 4.01. The van der Waals surface area contributed by atoms with E-state index in [0.717, 1.165) is 50.4 Å². The molecule has 5 nitrogen and oxygen atoms in total. The molecule has 2 rings (SSSR count). The van der Waals surface area contributed by atoms with Crippen LogP contribution in [0.15, 0.2) is 29.3 Å². The van der Waals surface area contributed by atoms with Crippen molar-refractivity contribution in [2.45, 2.75) is 32.4 Å². The van der Waals surface area contributed by atoms with Crippen molar-refractivity contribution in [2.24, 2.45) is 4.99 Å². The predicted molar refractivity (Wildman–Crippen MR) is 95.7 cm³/mol. The van der Waals surface area contributed by atoms with Crippen LogP contribution in [0.5, 0.6) is 0 Å². The highest BCUT2D eigenvalue weighted by molar-refractivity contribution is 5.79. The number of hydrogen-bond acceptors (Lipinski definition) is 3. The number of guanidine groups is 1. The van der Waals surface area contributed by atoms with Gasteiger partial charge < -0.3 is 15.4 Å². The van der Waals surface area contributed by atoms with Gasteiger partial charge in [0.05, 0.1) is 13.2 Å². The second-order valence-corrected chi connectivity index (χ2v) is 6.01. The maximum Gasteiger partial charge on any atom is 0.191 e. The third kappa shape index (κ3) is 6.84. The maximum atomic E-state index is 12.9. The number of methoxy groups -OCH3 is 1. The molecule has 1 aliphatic rings. The second kappa shape index (κ2) is 10.3. The van der Waals surface area contributed by atoms with Gasteiger partial charge in [-0.15, -0.1) is 0 Å². The Bertz CT molecular complexity index is 502. The number of aliphatic imine (C=N–C) groups is 1. The highest BCUT2D eigenvalue weighted by Crippen LogP contribution is 2.25. The molecule has 0 aromatic heterocycles. The molecule has 2 N–H and O–H groups in total. The minimum atomic E-state index is -0.219. The van der Waals surface area contributed by atoms with Crippen molar-refractivity contribution in [3.8, 4) is 0 Å². The number of rotatable bonds is 10. The molecule has 1 saturated carbocycles. The minimum Gasteiger partial charge on any atom is -0.383 e. The molecule has 1 aromatic carbocycles. The lowest BCUT2D eigenvalue weighted by Crippen LogP contribution is -2.42. The molecule has 0 amide bonds. The number of hydrogen-bond donors (Lipinski definition) is 2. The molecular weight excluding hydrogens is 307 g/mol. The van der Waals surface area contributed by atoms with Crippen molar-refractivity contribution in [3.63, 3.8) is 0 Å². The van der Waals surface area contributed by atoms with E-state index in [2.05, 4.69) is 20.5 Å². The second-order valence-electron chi connectivity index (χ2n) is 6.01. The highest BCUT2D eigenvalue weighted by atomic mass is 19.1. The van der Waals surface area contributed by atoms with Crippen LogP contribution in [0.2, 0.25) is 0 Å². The van der Waals surface area contributed by atoms with Gasteiger partial charge in [-0.05, 0) is 37.5 Å². The zero-order valence-electron chi connectivity index (χ0n) is 14.7. The SMILES string of the molecule is CCNC(=NCc1ccc(F)cc1)NCCN(CCOC)C1CC1. The van der Waals surface area contributed by atoms with Crippen molar-refractivity contribution >= 4 is 5.96 Å². The summed E-state index contributed by atoms with van der Waals surface area (Å²) in [6.07, 6.45) is 2.59. The van der Waals surface area contributed by atoms with E-state index in [0.29, 0.717) is 6.54 Å². The summed E-state index contributed by atoms with van der Waals surface area (Å²) in [6, 6.07) is 7.19. The Kier molecular flexibility index (Phi) is 7.98. The van der Waals surface area contributed by atoms with E-state index in [1.807, 2.05) is 6.92 Å². The topological polar surface area (TPSA) is 48.9 Å². The first-order valence-electron chi connectivity index (χ1n) is 8.72. The van der Waals surface area contributed by atoms with Crippen molar-refractivity contribution < 1.29 is 9.13 Å². The summed E-state index contributed by atoms with van der Waals surface area (Å²) in [4.78, 5) is 7.03. The zero-order valence-corrected chi connectivity index (χ0v) is 14.7. The number of benzene rings is 1. The van der Waals surface area contributed by atoms with Crippen molar-refractivity contribution in [2.75, 3.05) is 39.9 Å². The van der Waals surface area contributed by atoms with Gasteiger partial charge in [-0.25, -0.2) is 9.38 Å². The smallest absolute Gasteiger partial charge is 0.191 e. The van der Waals surface area contributed by atoms with Crippen molar-refractivity contribution in [1.29, 1.82) is 0 Å². The Hall–Kier alpha value is -1.66. The van der Waals surface area contributed by atoms with Gasteiger partial charge in [0.2, 0.25) is 0 Å². The molecule has 0 saturated heterocycles. The molecular formula is C18H29FN4O. The lowest BCUT2D eigenvalue weighted by Gasteiger charge is -2.22. The first-order valence-corrected chi connectivity index (χ1v) is 8.72. The first kappa shape index (κ1) is 18.7. The van der Waals surface area contributed by atoms with Crippen LogP contribution in [0.1, 0.15) is 25.3 Å². The van der Waals surface area contributed by atoms with Gasteiger partial charge in [-0.1, -0.05) is 12.1 Å². The van der Waals surface area contributed by atoms with Gasteiger partial charge in [-0.3, -0.25) is 4.90 Å². The van der Waals surface area contributed by atoms with Crippen molar-refractivity contribution in [1.82, 2.24) is 15.5 Å². The molecule has 1 aliphatic carbocycles. The first-order chi connectivity index (χ1) is 11.7. The molecule has 0 radical (unpaired) electrons. The van der Waals surface area contributed by atoms with Crippen LogP contribution in [-0.4, -0.2) is 56.8 Å².